The highest BCUT2D eigenvalue weighted by Crippen LogP contribution is 2.28. The van der Waals surface area contributed by atoms with Crippen LogP contribution < -0.4 is 9.47 Å². The number of rotatable bonds is 6. The van der Waals surface area contributed by atoms with Crippen molar-refractivity contribution in [3.8, 4) is 23.3 Å². The normalized spacial score (nSPS) is 23.7. The molecule has 36 heavy (non-hydrogen) atoms. The Hall–Kier alpha value is -3.14. The molecule has 190 valence electrons. The third-order valence-corrected chi connectivity index (χ3v) is 7.18. The topological polar surface area (TPSA) is 71.1 Å². The Balaban J connectivity index is 1.25. The summed E-state index contributed by atoms with van der Waals surface area (Å²) in [7, 11) is 3.44. The molecule has 0 aliphatic heterocycles. The molecule has 6 nitrogen and oxygen atoms in total. The van der Waals surface area contributed by atoms with E-state index in [9.17, 15) is 9.59 Å². The van der Waals surface area contributed by atoms with Gasteiger partial charge < -0.3 is 18.9 Å². The van der Waals surface area contributed by atoms with E-state index in [0.717, 1.165) is 62.5 Å². The summed E-state index contributed by atoms with van der Waals surface area (Å²) < 4.78 is 21.9. The van der Waals surface area contributed by atoms with Gasteiger partial charge in [0.05, 0.1) is 24.0 Å². The molecule has 0 amide bonds. The lowest BCUT2D eigenvalue weighted by Gasteiger charge is -2.26. The van der Waals surface area contributed by atoms with Gasteiger partial charge in [0.25, 0.3) is 0 Å². The molecule has 2 fully saturated rings. The monoisotopic (exact) mass is 490 g/mol. The third-order valence-electron chi connectivity index (χ3n) is 7.18. The molecule has 0 saturated heterocycles. The third kappa shape index (κ3) is 7.19. The largest absolute Gasteiger partial charge is 0.426 e. The predicted octanol–water partition coefficient (Wildman–Crippen LogP) is 5.31. The van der Waals surface area contributed by atoms with Crippen LogP contribution in [0.15, 0.2) is 48.5 Å². The number of carbonyl (C=O) groups excluding carboxylic acids is 2. The number of benzene rings is 2. The van der Waals surface area contributed by atoms with Crippen molar-refractivity contribution in [3.63, 3.8) is 0 Å². The van der Waals surface area contributed by atoms with E-state index in [-0.39, 0.29) is 36.0 Å². The van der Waals surface area contributed by atoms with Crippen molar-refractivity contribution in [2.45, 2.75) is 63.6 Å². The van der Waals surface area contributed by atoms with Crippen LogP contribution in [-0.2, 0) is 19.1 Å². The summed E-state index contributed by atoms with van der Waals surface area (Å²) in [6.07, 6.45) is 7.28. The average molecular weight is 491 g/mol. The second kappa shape index (κ2) is 12.7. The van der Waals surface area contributed by atoms with Crippen molar-refractivity contribution in [2.75, 3.05) is 14.2 Å². The summed E-state index contributed by atoms with van der Waals surface area (Å²) in [6, 6.07) is 14.4. The summed E-state index contributed by atoms with van der Waals surface area (Å²) in [5, 5.41) is 0. The molecule has 0 heterocycles. The zero-order valence-corrected chi connectivity index (χ0v) is 21.0. The molecule has 2 aliphatic rings. The molecule has 0 unspecified atom stereocenters. The average Bonchev–Trinajstić information content (AvgIpc) is 2.93. The maximum atomic E-state index is 12.4. The molecule has 4 rings (SSSR count). The van der Waals surface area contributed by atoms with E-state index in [1.165, 1.54) is 0 Å². The van der Waals surface area contributed by atoms with E-state index >= 15 is 0 Å². The number of carbonyl (C=O) groups is 2. The van der Waals surface area contributed by atoms with E-state index < -0.39 is 0 Å². The highest BCUT2D eigenvalue weighted by Gasteiger charge is 2.28. The van der Waals surface area contributed by atoms with Gasteiger partial charge in [0.15, 0.2) is 0 Å². The fraction of sp³-hybridized carbons (Fsp3) is 0.467. The van der Waals surface area contributed by atoms with Crippen molar-refractivity contribution in [1.29, 1.82) is 0 Å². The molecule has 0 bridgehead atoms. The van der Waals surface area contributed by atoms with Gasteiger partial charge in [-0.05, 0) is 99.9 Å². The van der Waals surface area contributed by atoms with E-state index in [0.29, 0.717) is 11.5 Å². The van der Waals surface area contributed by atoms with Crippen molar-refractivity contribution >= 4 is 11.9 Å². The van der Waals surface area contributed by atoms with E-state index in [1.54, 1.807) is 38.5 Å². The standard InChI is InChI=1S/C30H34O6/c1-33-25-17-9-23(10-18-25)29(31)35-27-13-5-21(6-14-27)3-4-22-7-15-28(16-8-22)36-30(32)24-11-19-26(34-2)20-12-24/h5-8,13-16,23-26H,9-12,17-20H2,1-2H3/t23-,24-,25-,26-. The van der Waals surface area contributed by atoms with Crippen LogP contribution in [0.3, 0.4) is 0 Å². The molecule has 0 spiro atoms. The minimum Gasteiger partial charge on any atom is -0.426 e. The van der Waals surface area contributed by atoms with Gasteiger partial charge in [-0.3, -0.25) is 9.59 Å². The van der Waals surface area contributed by atoms with Gasteiger partial charge in [-0.25, -0.2) is 0 Å². The van der Waals surface area contributed by atoms with Crippen molar-refractivity contribution in [2.24, 2.45) is 11.8 Å². The predicted molar refractivity (Wildman–Crippen MR) is 136 cm³/mol. The van der Waals surface area contributed by atoms with Crippen LogP contribution in [0.1, 0.15) is 62.5 Å². The lowest BCUT2D eigenvalue weighted by Crippen LogP contribution is -2.28. The quantitative estimate of drug-likeness (QED) is 0.311. The van der Waals surface area contributed by atoms with Gasteiger partial charge in [0.2, 0.25) is 0 Å². The molecule has 2 aromatic carbocycles. The number of hydrogen-bond donors (Lipinski definition) is 0. The van der Waals surface area contributed by atoms with E-state index in [2.05, 4.69) is 11.8 Å². The molecule has 0 radical (unpaired) electrons. The highest BCUT2D eigenvalue weighted by atomic mass is 16.5. The zero-order chi connectivity index (χ0) is 25.3. The minimum atomic E-state index is -0.174. The molecular formula is C30H34O6. The minimum absolute atomic E-state index is 0.0659. The Labute approximate surface area is 213 Å². The van der Waals surface area contributed by atoms with Crippen LogP contribution >= 0.6 is 0 Å². The Morgan fingerprint density at radius 2 is 0.917 bits per heavy atom. The Morgan fingerprint density at radius 3 is 1.22 bits per heavy atom. The smallest absolute Gasteiger partial charge is 0.314 e. The van der Waals surface area contributed by atoms with Crippen LogP contribution in [-0.4, -0.2) is 38.4 Å². The fourth-order valence-electron chi connectivity index (χ4n) is 4.82. The Kier molecular flexibility index (Phi) is 9.16. The van der Waals surface area contributed by atoms with Gasteiger partial charge in [0, 0.05) is 25.3 Å². The summed E-state index contributed by atoms with van der Waals surface area (Å²) in [5.74, 6) is 6.81. The zero-order valence-electron chi connectivity index (χ0n) is 21.0. The number of esters is 2. The van der Waals surface area contributed by atoms with Gasteiger partial charge >= 0.3 is 11.9 Å². The molecule has 2 aromatic rings. The molecule has 0 aromatic heterocycles. The first-order chi connectivity index (χ1) is 17.5. The SMILES string of the molecule is CO[C@H]1CC[C@H](C(=O)Oc2ccc(C#Cc3ccc(OC(=O)[C@H]4CC[C@H](OC)CC4)cc3)cc2)CC1. The van der Waals surface area contributed by atoms with Crippen molar-refractivity contribution in [3.05, 3.63) is 59.7 Å². The summed E-state index contributed by atoms with van der Waals surface area (Å²) in [5.41, 5.74) is 1.63. The molecule has 0 N–H and O–H groups in total. The first-order valence-electron chi connectivity index (χ1n) is 12.7. The van der Waals surface area contributed by atoms with Crippen LogP contribution in [0.4, 0.5) is 0 Å². The molecular weight excluding hydrogens is 456 g/mol. The second-order valence-electron chi connectivity index (χ2n) is 9.56. The summed E-state index contributed by atoms with van der Waals surface area (Å²) in [4.78, 5) is 24.9. The van der Waals surface area contributed by atoms with Gasteiger partial charge in [0.1, 0.15) is 11.5 Å². The second-order valence-corrected chi connectivity index (χ2v) is 9.56. The van der Waals surface area contributed by atoms with Crippen LogP contribution in [0.5, 0.6) is 11.5 Å². The molecule has 0 atom stereocenters. The number of hydrogen-bond acceptors (Lipinski definition) is 6. The Bertz CT molecular complexity index is 978. The molecule has 6 heteroatoms. The Morgan fingerprint density at radius 1 is 0.583 bits per heavy atom. The van der Waals surface area contributed by atoms with Gasteiger partial charge in [-0.15, -0.1) is 0 Å². The highest BCUT2D eigenvalue weighted by molar-refractivity contribution is 5.75. The first-order valence-corrected chi connectivity index (χ1v) is 12.7. The van der Waals surface area contributed by atoms with Gasteiger partial charge in [-0.1, -0.05) is 11.8 Å². The maximum Gasteiger partial charge on any atom is 0.314 e. The lowest BCUT2D eigenvalue weighted by atomic mass is 9.87. The van der Waals surface area contributed by atoms with E-state index in [4.69, 9.17) is 18.9 Å². The van der Waals surface area contributed by atoms with Crippen LogP contribution in [0.25, 0.3) is 0 Å². The summed E-state index contributed by atoms with van der Waals surface area (Å²) in [6.45, 7) is 0. The fourth-order valence-corrected chi connectivity index (χ4v) is 4.82. The van der Waals surface area contributed by atoms with Crippen molar-refractivity contribution in [1.82, 2.24) is 0 Å². The lowest BCUT2D eigenvalue weighted by molar-refractivity contribution is -0.141. The van der Waals surface area contributed by atoms with Crippen LogP contribution in [0, 0.1) is 23.7 Å². The molecule has 2 aliphatic carbocycles. The maximum absolute atomic E-state index is 12.4. The van der Waals surface area contributed by atoms with Gasteiger partial charge in [-0.2, -0.15) is 0 Å². The molecule has 2 saturated carbocycles. The number of ether oxygens (including phenoxy) is 4. The number of methoxy groups -OCH3 is 2. The van der Waals surface area contributed by atoms with Crippen molar-refractivity contribution < 1.29 is 28.5 Å². The van der Waals surface area contributed by atoms with Crippen LogP contribution in [0.2, 0.25) is 0 Å². The first kappa shape index (κ1) is 25.9. The summed E-state index contributed by atoms with van der Waals surface area (Å²) >= 11 is 0. The van der Waals surface area contributed by atoms with E-state index in [1.807, 2.05) is 24.3 Å².